The third kappa shape index (κ3) is 11.4. The Morgan fingerprint density at radius 2 is 1.32 bits per heavy atom. The Labute approximate surface area is 155 Å². The Bertz CT molecular complexity index is 463. The summed E-state index contributed by atoms with van der Waals surface area (Å²) in [7, 11) is 0. The first-order chi connectivity index (χ1) is 12.0. The van der Waals surface area contributed by atoms with Gasteiger partial charge in [-0.25, -0.2) is 0 Å². The van der Waals surface area contributed by atoms with Crippen LogP contribution in [-0.4, -0.2) is 5.75 Å². The second-order valence-electron chi connectivity index (χ2n) is 6.48. The largest absolute Gasteiger partial charge is 0.416 e. The van der Waals surface area contributed by atoms with Crippen molar-refractivity contribution in [3.63, 3.8) is 0 Å². The standard InChI is InChI=1S/C21H31F3S/c1-2-3-4-5-6-7-8-9-10-11-17-25-18-16-19-12-14-20(15-13-19)21(22,23)24/h12-16,18H,2-11,17H2,1H3/b18-16-. The van der Waals surface area contributed by atoms with E-state index in [1.807, 2.05) is 11.5 Å². The molecule has 0 aromatic heterocycles. The third-order valence-corrected chi connectivity index (χ3v) is 5.06. The summed E-state index contributed by atoms with van der Waals surface area (Å²) in [6, 6.07) is 5.29. The van der Waals surface area contributed by atoms with E-state index in [2.05, 4.69) is 6.92 Å². The number of rotatable bonds is 13. The Kier molecular flexibility index (Phi) is 11.8. The van der Waals surface area contributed by atoms with Gasteiger partial charge in [-0.3, -0.25) is 0 Å². The van der Waals surface area contributed by atoms with Crippen molar-refractivity contribution in [1.82, 2.24) is 0 Å². The van der Waals surface area contributed by atoms with Crippen LogP contribution in [-0.2, 0) is 6.18 Å². The van der Waals surface area contributed by atoms with Crippen molar-refractivity contribution in [2.24, 2.45) is 0 Å². The molecule has 0 radical (unpaired) electrons. The van der Waals surface area contributed by atoms with Crippen LogP contribution < -0.4 is 0 Å². The highest BCUT2D eigenvalue weighted by molar-refractivity contribution is 8.02. The van der Waals surface area contributed by atoms with Crippen molar-refractivity contribution in [3.8, 4) is 0 Å². The van der Waals surface area contributed by atoms with Gasteiger partial charge in [0.2, 0.25) is 0 Å². The fraction of sp³-hybridized carbons (Fsp3) is 0.619. The minimum atomic E-state index is -4.26. The van der Waals surface area contributed by atoms with E-state index < -0.39 is 11.7 Å². The van der Waals surface area contributed by atoms with Gasteiger partial charge in [0, 0.05) is 0 Å². The summed E-state index contributed by atoms with van der Waals surface area (Å²) in [5.74, 6) is 1.08. The summed E-state index contributed by atoms with van der Waals surface area (Å²) in [6.07, 6.45) is 11.0. The third-order valence-electron chi connectivity index (χ3n) is 4.21. The van der Waals surface area contributed by atoms with E-state index in [0.29, 0.717) is 0 Å². The van der Waals surface area contributed by atoms with Crippen molar-refractivity contribution < 1.29 is 13.2 Å². The molecule has 0 aliphatic rings. The quantitative estimate of drug-likeness (QED) is 0.314. The van der Waals surface area contributed by atoms with Crippen LogP contribution in [0.4, 0.5) is 13.2 Å². The van der Waals surface area contributed by atoms with E-state index in [1.165, 1.54) is 76.3 Å². The first-order valence-corrected chi connectivity index (χ1v) is 10.5. The maximum absolute atomic E-state index is 12.5. The predicted octanol–water partition coefficient (Wildman–Crippen LogP) is 8.33. The molecule has 0 fully saturated rings. The van der Waals surface area contributed by atoms with Gasteiger partial charge in [0.05, 0.1) is 5.56 Å². The number of thioether (sulfide) groups is 1. The molecule has 0 aliphatic carbocycles. The molecule has 4 heteroatoms. The zero-order chi connectivity index (χ0) is 18.4. The molecule has 142 valence electrons. The summed E-state index contributed by atoms with van der Waals surface area (Å²) in [4.78, 5) is 0. The molecule has 0 saturated heterocycles. The molecule has 0 saturated carbocycles. The molecule has 0 spiro atoms. The van der Waals surface area contributed by atoms with E-state index in [-0.39, 0.29) is 0 Å². The predicted molar refractivity (Wildman–Crippen MR) is 105 cm³/mol. The van der Waals surface area contributed by atoms with Gasteiger partial charge in [0.1, 0.15) is 0 Å². The van der Waals surface area contributed by atoms with Crippen LogP contribution in [0.15, 0.2) is 29.7 Å². The average molecular weight is 373 g/mol. The van der Waals surface area contributed by atoms with Gasteiger partial charge >= 0.3 is 6.18 Å². The first-order valence-electron chi connectivity index (χ1n) is 9.49. The number of halogens is 3. The SMILES string of the molecule is CCCCCCCCCCCCS/C=C\c1ccc(C(F)(F)F)cc1. The van der Waals surface area contributed by atoms with Gasteiger partial charge in [0.25, 0.3) is 0 Å². The van der Waals surface area contributed by atoms with Crippen LogP contribution in [0.2, 0.25) is 0 Å². The van der Waals surface area contributed by atoms with Crippen LogP contribution in [0, 0.1) is 0 Å². The molecule has 25 heavy (non-hydrogen) atoms. The van der Waals surface area contributed by atoms with E-state index >= 15 is 0 Å². The molecule has 1 aromatic rings. The van der Waals surface area contributed by atoms with Crippen LogP contribution >= 0.6 is 11.8 Å². The van der Waals surface area contributed by atoms with Crippen molar-refractivity contribution in [2.45, 2.75) is 77.3 Å². The fourth-order valence-electron chi connectivity index (χ4n) is 2.65. The summed E-state index contributed by atoms with van der Waals surface area (Å²) in [6.45, 7) is 2.25. The molecule has 0 unspecified atom stereocenters. The lowest BCUT2D eigenvalue weighted by molar-refractivity contribution is -0.137. The lowest BCUT2D eigenvalue weighted by Crippen LogP contribution is -2.03. The monoisotopic (exact) mass is 372 g/mol. The van der Waals surface area contributed by atoms with Gasteiger partial charge in [-0.1, -0.05) is 76.8 Å². The normalized spacial score (nSPS) is 12.2. The number of hydrogen-bond acceptors (Lipinski definition) is 1. The first kappa shape index (κ1) is 22.1. The molecular formula is C21H31F3S. The van der Waals surface area contributed by atoms with Crippen LogP contribution in [0.1, 0.15) is 82.3 Å². The van der Waals surface area contributed by atoms with Gasteiger partial charge in [-0.15, -0.1) is 11.8 Å². The number of benzene rings is 1. The molecule has 0 bridgehead atoms. The smallest absolute Gasteiger partial charge is 0.166 e. The lowest BCUT2D eigenvalue weighted by atomic mass is 10.1. The van der Waals surface area contributed by atoms with Crippen molar-refractivity contribution in [3.05, 3.63) is 40.8 Å². The zero-order valence-corrected chi connectivity index (χ0v) is 16.1. The lowest BCUT2D eigenvalue weighted by Gasteiger charge is -2.05. The van der Waals surface area contributed by atoms with E-state index in [9.17, 15) is 13.2 Å². The number of alkyl halides is 3. The second-order valence-corrected chi connectivity index (χ2v) is 7.49. The van der Waals surface area contributed by atoms with Gasteiger partial charge in [-0.2, -0.15) is 13.2 Å². The Balaban J connectivity index is 2.00. The summed E-state index contributed by atoms with van der Waals surface area (Å²) < 4.78 is 37.4. The van der Waals surface area contributed by atoms with Crippen LogP contribution in [0.3, 0.4) is 0 Å². The van der Waals surface area contributed by atoms with Crippen molar-refractivity contribution in [2.75, 3.05) is 5.75 Å². The zero-order valence-electron chi connectivity index (χ0n) is 15.3. The summed E-state index contributed by atoms with van der Waals surface area (Å²) >= 11 is 1.73. The molecule has 0 N–H and O–H groups in total. The number of unbranched alkanes of at least 4 members (excludes halogenated alkanes) is 9. The highest BCUT2D eigenvalue weighted by Crippen LogP contribution is 2.29. The Morgan fingerprint density at radius 1 is 0.800 bits per heavy atom. The van der Waals surface area contributed by atoms with E-state index in [0.717, 1.165) is 23.4 Å². The molecule has 0 aliphatic heterocycles. The highest BCUT2D eigenvalue weighted by Gasteiger charge is 2.29. The van der Waals surface area contributed by atoms with Crippen molar-refractivity contribution >= 4 is 17.8 Å². The van der Waals surface area contributed by atoms with E-state index in [4.69, 9.17) is 0 Å². The van der Waals surface area contributed by atoms with E-state index in [1.54, 1.807) is 11.8 Å². The molecule has 0 amide bonds. The van der Waals surface area contributed by atoms with Gasteiger partial charge in [-0.05, 0) is 41.4 Å². The molecule has 1 aromatic carbocycles. The minimum Gasteiger partial charge on any atom is -0.166 e. The molecular weight excluding hydrogens is 341 g/mol. The average Bonchev–Trinajstić information content (AvgIpc) is 2.58. The molecule has 0 atom stereocenters. The fourth-order valence-corrected chi connectivity index (χ4v) is 3.41. The molecule has 0 heterocycles. The maximum atomic E-state index is 12.5. The minimum absolute atomic E-state index is 0.595. The highest BCUT2D eigenvalue weighted by atomic mass is 32.2. The van der Waals surface area contributed by atoms with Gasteiger partial charge in [0.15, 0.2) is 0 Å². The molecule has 0 nitrogen and oxygen atoms in total. The summed E-state index contributed by atoms with van der Waals surface area (Å²) in [5.41, 5.74) is 0.214. The topological polar surface area (TPSA) is 0 Å². The Morgan fingerprint density at radius 3 is 1.84 bits per heavy atom. The maximum Gasteiger partial charge on any atom is 0.416 e. The van der Waals surface area contributed by atoms with Crippen LogP contribution in [0.25, 0.3) is 6.08 Å². The number of hydrogen-bond donors (Lipinski definition) is 0. The Hall–Kier alpha value is -0.900. The van der Waals surface area contributed by atoms with Crippen LogP contribution in [0.5, 0.6) is 0 Å². The second kappa shape index (κ2) is 13.3. The van der Waals surface area contributed by atoms with Crippen molar-refractivity contribution in [1.29, 1.82) is 0 Å². The van der Waals surface area contributed by atoms with Gasteiger partial charge < -0.3 is 0 Å². The summed E-state index contributed by atoms with van der Waals surface area (Å²) in [5, 5.41) is 1.98. The molecule has 1 rings (SSSR count).